The van der Waals surface area contributed by atoms with Crippen LogP contribution in [0.25, 0.3) is 0 Å². The summed E-state index contributed by atoms with van der Waals surface area (Å²) in [6.45, 7) is -0.0679. The van der Waals surface area contributed by atoms with Gasteiger partial charge in [-0.1, -0.05) is 12.1 Å². The molecule has 0 bridgehead atoms. The molecule has 0 aliphatic carbocycles. The van der Waals surface area contributed by atoms with Gasteiger partial charge in [-0.25, -0.2) is 9.37 Å². The molecule has 3 aromatic rings. The fraction of sp³-hybridized carbons (Fsp3) is 0.235. The van der Waals surface area contributed by atoms with E-state index < -0.39 is 12.4 Å². The van der Waals surface area contributed by atoms with Crippen molar-refractivity contribution in [3.05, 3.63) is 54.2 Å². The van der Waals surface area contributed by atoms with Crippen molar-refractivity contribution in [2.24, 2.45) is 0 Å². The molecule has 10 heteroatoms. The molecule has 142 valence electrons. The third-order valence-corrected chi connectivity index (χ3v) is 3.54. The van der Waals surface area contributed by atoms with E-state index in [-0.39, 0.29) is 24.1 Å². The summed E-state index contributed by atoms with van der Waals surface area (Å²) in [6.07, 6.45) is 4.42. The number of hydrogen-bond acceptors (Lipinski definition) is 6. The Kier molecular flexibility index (Phi) is 5.74. The molecule has 0 unspecified atom stereocenters. The molecule has 0 atom stereocenters. The number of aromatic nitrogens is 4. The van der Waals surface area contributed by atoms with Crippen LogP contribution in [0.3, 0.4) is 0 Å². The summed E-state index contributed by atoms with van der Waals surface area (Å²) >= 11 is 0. The largest absolute Gasteiger partial charge is 0.435 e. The van der Waals surface area contributed by atoms with Gasteiger partial charge in [0.05, 0.1) is 18.1 Å². The first-order chi connectivity index (χ1) is 13.0. The number of anilines is 3. The molecule has 0 spiro atoms. The fourth-order valence-electron chi connectivity index (χ4n) is 2.30. The second-order valence-corrected chi connectivity index (χ2v) is 5.48. The zero-order valence-corrected chi connectivity index (χ0v) is 14.4. The number of ether oxygens (including phenoxy) is 1. The van der Waals surface area contributed by atoms with Crippen LogP contribution in [0.15, 0.2) is 42.9 Å². The second-order valence-electron chi connectivity index (χ2n) is 5.48. The van der Waals surface area contributed by atoms with Crippen LogP contribution >= 0.6 is 0 Å². The average Bonchev–Trinajstić information content (AvgIpc) is 3.09. The smallest absolute Gasteiger partial charge is 0.387 e. The summed E-state index contributed by atoms with van der Waals surface area (Å²) in [5.41, 5.74) is 1.30. The lowest BCUT2D eigenvalue weighted by Gasteiger charge is -2.10. The summed E-state index contributed by atoms with van der Waals surface area (Å²) < 4.78 is 44.6. The van der Waals surface area contributed by atoms with E-state index in [0.29, 0.717) is 17.8 Å². The van der Waals surface area contributed by atoms with Gasteiger partial charge >= 0.3 is 6.61 Å². The first-order valence-electron chi connectivity index (χ1n) is 8.13. The maximum atomic E-state index is 14.0. The molecule has 2 aromatic heterocycles. The van der Waals surface area contributed by atoms with Crippen molar-refractivity contribution in [3.63, 3.8) is 0 Å². The van der Waals surface area contributed by atoms with Crippen LogP contribution in [0.2, 0.25) is 0 Å². The lowest BCUT2D eigenvalue weighted by molar-refractivity contribution is -0.0498. The molecule has 27 heavy (non-hydrogen) atoms. The first-order valence-corrected chi connectivity index (χ1v) is 8.13. The standard InChI is InChI=1S/C17H17F3N6O/c1-2-26-10-12(8-23-26)24-17-22-9-14(18)15(25-17)21-7-11-4-3-5-13(6-11)27-16(19)20/h3-6,8-10,16H,2,7H2,1H3,(H2,21,22,24,25). The molecule has 0 saturated heterocycles. The molecule has 0 aliphatic heterocycles. The second kappa shape index (κ2) is 8.39. The van der Waals surface area contributed by atoms with Crippen molar-refractivity contribution >= 4 is 17.5 Å². The monoisotopic (exact) mass is 378 g/mol. The van der Waals surface area contributed by atoms with Crippen LogP contribution in [0, 0.1) is 5.82 Å². The number of rotatable bonds is 8. The topological polar surface area (TPSA) is 76.9 Å². The molecule has 3 rings (SSSR count). The maximum Gasteiger partial charge on any atom is 0.387 e. The van der Waals surface area contributed by atoms with Crippen molar-refractivity contribution in [3.8, 4) is 5.75 Å². The molecule has 0 amide bonds. The number of aryl methyl sites for hydroxylation is 1. The Labute approximate surface area is 153 Å². The Morgan fingerprint density at radius 1 is 1.26 bits per heavy atom. The molecule has 7 nitrogen and oxygen atoms in total. The van der Waals surface area contributed by atoms with Crippen molar-refractivity contribution in [1.29, 1.82) is 0 Å². The Hall–Kier alpha value is -3.30. The highest BCUT2D eigenvalue weighted by Gasteiger charge is 2.09. The van der Waals surface area contributed by atoms with E-state index in [1.807, 2.05) is 6.92 Å². The highest BCUT2D eigenvalue weighted by Crippen LogP contribution is 2.19. The Morgan fingerprint density at radius 2 is 2.11 bits per heavy atom. The normalized spacial score (nSPS) is 10.9. The lowest BCUT2D eigenvalue weighted by Crippen LogP contribution is -2.07. The van der Waals surface area contributed by atoms with Crippen LogP contribution < -0.4 is 15.4 Å². The molecule has 0 radical (unpaired) electrons. The Morgan fingerprint density at radius 3 is 2.85 bits per heavy atom. The predicted octanol–water partition coefficient (Wildman–Crippen LogP) is 3.79. The van der Waals surface area contributed by atoms with E-state index in [4.69, 9.17) is 0 Å². The van der Waals surface area contributed by atoms with E-state index in [1.165, 1.54) is 12.1 Å². The van der Waals surface area contributed by atoms with Crippen LogP contribution in [0.1, 0.15) is 12.5 Å². The number of nitrogens with zero attached hydrogens (tertiary/aromatic N) is 4. The highest BCUT2D eigenvalue weighted by molar-refractivity contribution is 5.52. The minimum absolute atomic E-state index is 0.0180. The van der Waals surface area contributed by atoms with E-state index in [9.17, 15) is 13.2 Å². The van der Waals surface area contributed by atoms with Gasteiger partial charge in [0.25, 0.3) is 0 Å². The molecule has 0 fully saturated rings. The molecule has 1 aromatic carbocycles. The van der Waals surface area contributed by atoms with Crippen LogP contribution in [-0.2, 0) is 13.1 Å². The van der Waals surface area contributed by atoms with Crippen LogP contribution in [0.5, 0.6) is 5.75 Å². The van der Waals surface area contributed by atoms with Gasteiger partial charge in [0.15, 0.2) is 11.6 Å². The van der Waals surface area contributed by atoms with Gasteiger partial charge < -0.3 is 15.4 Å². The van der Waals surface area contributed by atoms with Gasteiger partial charge in [-0.15, -0.1) is 0 Å². The minimum atomic E-state index is -2.90. The number of benzene rings is 1. The lowest BCUT2D eigenvalue weighted by atomic mass is 10.2. The van der Waals surface area contributed by atoms with Crippen LogP contribution in [0.4, 0.5) is 30.6 Å². The van der Waals surface area contributed by atoms with E-state index >= 15 is 0 Å². The van der Waals surface area contributed by atoms with Gasteiger partial charge in [0, 0.05) is 19.3 Å². The quantitative estimate of drug-likeness (QED) is 0.621. The molecular formula is C17H17F3N6O. The number of hydrogen-bond donors (Lipinski definition) is 2. The predicted molar refractivity (Wildman–Crippen MR) is 93.6 cm³/mol. The van der Waals surface area contributed by atoms with Crippen molar-refractivity contribution in [2.75, 3.05) is 10.6 Å². The molecule has 2 heterocycles. The zero-order valence-electron chi connectivity index (χ0n) is 14.4. The summed E-state index contributed by atoms with van der Waals surface area (Å²) in [4.78, 5) is 7.99. The van der Waals surface area contributed by atoms with E-state index in [1.54, 1.807) is 29.2 Å². The van der Waals surface area contributed by atoms with Crippen molar-refractivity contribution in [1.82, 2.24) is 19.7 Å². The molecular weight excluding hydrogens is 361 g/mol. The van der Waals surface area contributed by atoms with Gasteiger partial charge in [-0.05, 0) is 24.6 Å². The van der Waals surface area contributed by atoms with Crippen molar-refractivity contribution in [2.45, 2.75) is 26.6 Å². The zero-order chi connectivity index (χ0) is 19.2. The average molecular weight is 378 g/mol. The SMILES string of the molecule is CCn1cc(Nc2ncc(F)c(NCc3cccc(OC(F)F)c3)n2)cn1. The number of halogens is 3. The maximum absolute atomic E-state index is 14.0. The first kappa shape index (κ1) is 18.5. The third kappa shape index (κ3) is 5.09. The Balaban J connectivity index is 1.67. The fourth-order valence-corrected chi connectivity index (χ4v) is 2.30. The Bertz CT molecular complexity index is 902. The highest BCUT2D eigenvalue weighted by atomic mass is 19.3. The molecule has 0 saturated carbocycles. The minimum Gasteiger partial charge on any atom is -0.435 e. The molecule has 2 N–H and O–H groups in total. The molecule has 0 aliphatic rings. The van der Waals surface area contributed by atoms with E-state index in [0.717, 1.165) is 6.20 Å². The summed E-state index contributed by atoms with van der Waals surface area (Å²) in [7, 11) is 0. The van der Waals surface area contributed by atoms with Gasteiger partial charge in [0.2, 0.25) is 5.95 Å². The van der Waals surface area contributed by atoms with Gasteiger partial charge in [0.1, 0.15) is 5.75 Å². The number of alkyl halides is 2. The van der Waals surface area contributed by atoms with Crippen molar-refractivity contribution < 1.29 is 17.9 Å². The van der Waals surface area contributed by atoms with Gasteiger partial charge in [-0.3, -0.25) is 4.68 Å². The van der Waals surface area contributed by atoms with Crippen LogP contribution in [-0.4, -0.2) is 26.4 Å². The summed E-state index contributed by atoms with van der Waals surface area (Å²) in [6, 6.07) is 6.13. The summed E-state index contributed by atoms with van der Waals surface area (Å²) in [5.74, 6) is -0.424. The number of nitrogens with one attached hydrogen (secondary N) is 2. The third-order valence-electron chi connectivity index (χ3n) is 3.54. The van der Waals surface area contributed by atoms with E-state index in [2.05, 4.69) is 30.4 Å². The summed E-state index contributed by atoms with van der Waals surface area (Å²) in [5, 5.41) is 9.88. The van der Waals surface area contributed by atoms with Gasteiger partial charge in [-0.2, -0.15) is 18.9 Å².